The smallest absolute Gasteiger partial charge is 0.306 e. The predicted octanol–water partition coefficient (Wildman–Crippen LogP) is 3.79. The number of halogens is 6. The van der Waals surface area contributed by atoms with Crippen molar-refractivity contribution in [2.45, 2.75) is 31.7 Å². The van der Waals surface area contributed by atoms with Crippen LogP contribution >= 0.6 is 0 Å². The van der Waals surface area contributed by atoms with E-state index in [4.69, 9.17) is 0 Å². The summed E-state index contributed by atoms with van der Waals surface area (Å²) in [6, 6.07) is 4.02. The minimum absolute atomic E-state index is 0.0972. The van der Waals surface area contributed by atoms with Gasteiger partial charge in [0.25, 0.3) is 0 Å². The summed E-state index contributed by atoms with van der Waals surface area (Å²) in [5.41, 5.74) is -0.454. The van der Waals surface area contributed by atoms with Crippen LogP contribution in [-0.4, -0.2) is 18.8 Å². The fourth-order valence-electron chi connectivity index (χ4n) is 1.59. The van der Waals surface area contributed by atoms with Crippen LogP contribution in [0.5, 0.6) is 0 Å². The van der Waals surface area contributed by atoms with E-state index in [2.05, 4.69) is 5.32 Å². The lowest BCUT2D eigenvalue weighted by molar-refractivity contribution is -0.137. The van der Waals surface area contributed by atoms with Crippen LogP contribution in [0.25, 0.3) is 0 Å². The van der Waals surface area contributed by atoms with Gasteiger partial charge in [0.15, 0.2) is 0 Å². The second kappa shape index (κ2) is 5.81. The van der Waals surface area contributed by atoms with Gasteiger partial charge in [0, 0.05) is 6.04 Å². The topological polar surface area (TPSA) is 12.0 Å². The number of rotatable bonds is 4. The summed E-state index contributed by atoms with van der Waals surface area (Å²) in [6.07, 6.45) is -8.68. The van der Waals surface area contributed by atoms with E-state index in [0.717, 1.165) is 12.1 Å². The molecule has 0 spiro atoms. The highest BCUT2D eigenvalue weighted by atomic mass is 19.4. The van der Waals surface area contributed by atoms with E-state index < -0.39 is 30.5 Å². The molecule has 1 unspecified atom stereocenters. The molecule has 0 saturated heterocycles. The van der Waals surface area contributed by atoms with Crippen molar-refractivity contribution in [2.75, 3.05) is 6.54 Å². The number of nitrogens with one attached hydrogen (secondary N) is 1. The second-order valence-electron chi connectivity index (χ2n) is 4.30. The van der Waals surface area contributed by atoms with Crippen molar-refractivity contribution in [3.63, 3.8) is 0 Å². The van der Waals surface area contributed by atoms with Crippen molar-refractivity contribution < 1.29 is 26.3 Å². The molecule has 0 saturated carbocycles. The molecule has 0 amide bonds. The SMILES string of the molecule is CC(Cc1cccc(C(F)(F)F)c1)NCC(F)(F)F. The normalized spacial score (nSPS) is 14.5. The molecule has 1 N–H and O–H groups in total. The van der Waals surface area contributed by atoms with Gasteiger partial charge in [-0.05, 0) is 25.0 Å². The number of hydrogen-bond acceptors (Lipinski definition) is 1. The fourth-order valence-corrected chi connectivity index (χ4v) is 1.59. The van der Waals surface area contributed by atoms with Crippen LogP contribution in [0.4, 0.5) is 26.3 Å². The summed E-state index contributed by atoms with van der Waals surface area (Å²) in [5, 5.41) is 2.22. The maximum Gasteiger partial charge on any atom is 0.416 e. The lowest BCUT2D eigenvalue weighted by Crippen LogP contribution is -2.36. The monoisotopic (exact) mass is 285 g/mol. The van der Waals surface area contributed by atoms with Crippen molar-refractivity contribution in [2.24, 2.45) is 0 Å². The van der Waals surface area contributed by atoms with Gasteiger partial charge >= 0.3 is 12.4 Å². The maximum atomic E-state index is 12.4. The van der Waals surface area contributed by atoms with Gasteiger partial charge in [0.05, 0.1) is 12.1 Å². The Kier molecular flexibility index (Phi) is 4.84. The Hall–Kier alpha value is -1.24. The van der Waals surface area contributed by atoms with E-state index in [-0.39, 0.29) is 6.42 Å². The van der Waals surface area contributed by atoms with Gasteiger partial charge < -0.3 is 5.32 Å². The average molecular weight is 285 g/mol. The van der Waals surface area contributed by atoms with Crippen LogP contribution in [0.15, 0.2) is 24.3 Å². The van der Waals surface area contributed by atoms with E-state index in [9.17, 15) is 26.3 Å². The molecule has 7 heteroatoms. The van der Waals surface area contributed by atoms with Crippen LogP contribution < -0.4 is 5.32 Å². The average Bonchev–Trinajstić information content (AvgIpc) is 2.25. The van der Waals surface area contributed by atoms with Crippen LogP contribution in [-0.2, 0) is 12.6 Å². The maximum absolute atomic E-state index is 12.4. The molecule has 0 aliphatic heterocycles. The lowest BCUT2D eigenvalue weighted by Gasteiger charge is -2.16. The number of hydrogen-bond donors (Lipinski definition) is 1. The number of alkyl halides is 6. The summed E-state index contributed by atoms with van der Waals surface area (Å²) in [7, 11) is 0. The van der Waals surface area contributed by atoms with Crippen LogP contribution in [0, 0.1) is 0 Å². The second-order valence-corrected chi connectivity index (χ2v) is 4.30. The third-order valence-electron chi connectivity index (χ3n) is 2.45. The van der Waals surface area contributed by atoms with E-state index in [1.54, 1.807) is 0 Å². The van der Waals surface area contributed by atoms with Gasteiger partial charge in [-0.15, -0.1) is 0 Å². The summed E-state index contributed by atoms with van der Waals surface area (Å²) >= 11 is 0. The van der Waals surface area contributed by atoms with Crippen molar-refractivity contribution in [1.82, 2.24) is 5.32 Å². The molecule has 1 aromatic carbocycles. The van der Waals surface area contributed by atoms with Gasteiger partial charge in [0.2, 0.25) is 0 Å². The van der Waals surface area contributed by atoms with Crippen molar-refractivity contribution >= 4 is 0 Å². The molecule has 19 heavy (non-hydrogen) atoms. The molecule has 0 bridgehead atoms. The van der Waals surface area contributed by atoms with Crippen molar-refractivity contribution in [1.29, 1.82) is 0 Å². The molecule has 1 nitrogen and oxygen atoms in total. The van der Waals surface area contributed by atoms with Gasteiger partial charge in [0.1, 0.15) is 0 Å². The Balaban J connectivity index is 2.62. The predicted molar refractivity (Wildman–Crippen MR) is 58.7 cm³/mol. The zero-order valence-corrected chi connectivity index (χ0v) is 10.1. The highest BCUT2D eigenvalue weighted by molar-refractivity contribution is 5.26. The molecule has 1 aromatic rings. The van der Waals surface area contributed by atoms with Crippen LogP contribution in [0.1, 0.15) is 18.1 Å². The molecule has 1 rings (SSSR count). The minimum atomic E-state index is -4.45. The molecule has 0 aliphatic rings. The Morgan fingerprint density at radius 3 is 2.26 bits per heavy atom. The third kappa shape index (κ3) is 5.96. The van der Waals surface area contributed by atoms with Crippen molar-refractivity contribution in [3.8, 4) is 0 Å². The van der Waals surface area contributed by atoms with E-state index >= 15 is 0 Å². The molecule has 0 aromatic heterocycles. The summed E-state index contributed by atoms with van der Waals surface area (Å²) in [6.45, 7) is 0.332. The van der Waals surface area contributed by atoms with E-state index in [1.165, 1.54) is 19.1 Å². The fraction of sp³-hybridized carbons (Fsp3) is 0.500. The zero-order valence-electron chi connectivity index (χ0n) is 10.1. The van der Waals surface area contributed by atoms with Crippen LogP contribution in [0.2, 0.25) is 0 Å². The highest BCUT2D eigenvalue weighted by Gasteiger charge is 2.30. The largest absolute Gasteiger partial charge is 0.416 e. The standard InChI is InChI=1S/C12H13F6N/c1-8(19-7-11(13,14)15)5-9-3-2-4-10(6-9)12(16,17)18/h2-4,6,8,19H,5,7H2,1H3. The Morgan fingerprint density at radius 2 is 1.74 bits per heavy atom. The molecular weight excluding hydrogens is 272 g/mol. The first-order valence-corrected chi connectivity index (χ1v) is 5.54. The number of benzene rings is 1. The minimum Gasteiger partial charge on any atom is -0.306 e. The molecular formula is C12H13F6N. The molecule has 0 heterocycles. The Bertz CT molecular complexity index is 409. The third-order valence-corrected chi connectivity index (χ3v) is 2.45. The first-order chi connectivity index (χ1) is 8.58. The van der Waals surface area contributed by atoms with Crippen LogP contribution in [0.3, 0.4) is 0 Å². The molecule has 0 fully saturated rings. The van der Waals surface area contributed by atoms with Gasteiger partial charge in [-0.25, -0.2) is 0 Å². The zero-order chi connectivity index (χ0) is 14.7. The molecule has 1 atom stereocenters. The highest BCUT2D eigenvalue weighted by Crippen LogP contribution is 2.29. The first-order valence-electron chi connectivity index (χ1n) is 5.54. The molecule has 0 aliphatic carbocycles. The Morgan fingerprint density at radius 1 is 1.11 bits per heavy atom. The molecule has 108 valence electrons. The van der Waals surface area contributed by atoms with E-state index in [1.807, 2.05) is 0 Å². The first kappa shape index (κ1) is 15.8. The quantitative estimate of drug-likeness (QED) is 0.830. The summed E-state index contributed by atoms with van der Waals surface area (Å²) in [5.74, 6) is 0. The Labute approximate surface area is 106 Å². The van der Waals surface area contributed by atoms with Crippen molar-refractivity contribution in [3.05, 3.63) is 35.4 Å². The van der Waals surface area contributed by atoms with Gasteiger partial charge in [-0.2, -0.15) is 26.3 Å². The van der Waals surface area contributed by atoms with E-state index in [0.29, 0.717) is 5.56 Å². The van der Waals surface area contributed by atoms with Gasteiger partial charge in [-0.1, -0.05) is 18.2 Å². The molecule has 0 radical (unpaired) electrons. The summed E-state index contributed by atoms with van der Waals surface area (Å²) in [4.78, 5) is 0. The lowest BCUT2D eigenvalue weighted by atomic mass is 10.0. The van der Waals surface area contributed by atoms with Gasteiger partial charge in [-0.3, -0.25) is 0 Å². The summed E-state index contributed by atoms with van der Waals surface area (Å²) < 4.78 is 73.2.